The SMILES string of the molecule is CCC/C=C/N=N/C(=C(\C)CCCCCC(C)CC)c1ccccc1OI. The fourth-order valence-electron chi connectivity index (χ4n) is 2.86. The lowest BCUT2D eigenvalue weighted by Gasteiger charge is -2.11. The molecular weight excluding hydrogens is 447 g/mol. The highest BCUT2D eigenvalue weighted by Crippen LogP contribution is 2.32. The third-order valence-corrected chi connectivity index (χ3v) is 5.33. The number of hydrogen-bond donors (Lipinski definition) is 0. The molecule has 1 unspecified atom stereocenters. The van der Waals surface area contributed by atoms with Crippen molar-refractivity contribution in [1.29, 1.82) is 0 Å². The Kier molecular flexibility index (Phi) is 13.1. The number of para-hydroxylation sites is 1. The van der Waals surface area contributed by atoms with Crippen molar-refractivity contribution in [3.05, 3.63) is 47.7 Å². The van der Waals surface area contributed by atoms with Crippen LogP contribution >= 0.6 is 23.0 Å². The zero-order valence-corrected chi connectivity index (χ0v) is 19.5. The molecule has 0 aliphatic rings. The molecule has 0 saturated carbocycles. The van der Waals surface area contributed by atoms with E-state index in [0.29, 0.717) is 0 Å². The lowest BCUT2D eigenvalue weighted by molar-refractivity contribution is 0.478. The molecule has 150 valence electrons. The Morgan fingerprint density at radius 2 is 1.96 bits per heavy atom. The first-order chi connectivity index (χ1) is 13.1. The zero-order valence-electron chi connectivity index (χ0n) is 17.4. The normalized spacial score (nSPS) is 14.0. The van der Waals surface area contributed by atoms with Crippen molar-refractivity contribution in [3.8, 4) is 5.75 Å². The van der Waals surface area contributed by atoms with Crippen molar-refractivity contribution in [1.82, 2.24) is 0 Å². The molecule has 1 rings (SSSR count). The van der Waals surface area contributed by atoms with Gasteiger partial charge in [0.15, 0.2) is 23.0 Å². The van der Waals surface area contributed by atoms with Crippen LogP contribution in [-0.2, 0) is 0 Å². The van der Waals surface area contributed by atoms with Gasteiger partial charge in [-0.3, -0.25) is 0 Å². The highest BCUT2D eigenvalue weighted by molar-refractivity contribution is 14.1. The second kappa shape index (κ2) is 14.8. The molecule has 0 N–H and O–H groups in total. The number of rotatable bonds is 13. The van der Waals surface area contributed by atoms with Crippen LogP contribution in [0.5, 0.6) is 5.75 Å². The second-order valence-corrected chi connectivity index (χ2v) is 7.64. The van der Waals surface area contributed by atoms with Gasteiger partial charge in [0.1, 0.15) is 5.75 Å². The topological polar surface area (TPSA) is 34.0 Å². The van der Waals surface area contributed by atoms with Crippen LogP contribution in [-0.4, -0.2) is 0 Å². The van der Waals surface area contributed by atoms with E-state index in [1.165, 1.54) is 37.7 Å². The molecule has 0 aliphatic heterocycles. The smallest absolute Gasteiger partial charge is 0.192 e. The van der Waals surface area contributed by atoms with E-state index in [4.69, 9.17) is 3.07 Å². The number of halogens is 1. The van der Waals surface area contributed by atoms with E-state index < -0.39 is 0 Å². The third kappa shape index (κ3) is 9.54. The summed E-state index contributed by atoms with van der Waals surface area (Å²) in [4.78, 5) is 0. The maximum Gasteiger partial charge on any atom is 0.192 e. The van der Waals surface area contributed by atoms with Gasteiger partial charge in [-0.15, -0.1) is 0 Å². The predicted octanol–water partition coefficient (Wildman–Crippen LogP) is 8.91. The number of azo groups is 1. The zero-order chi connectivity index (χ0) is 19.9. The van der Waals surface area contributed by atoms with Crippen LogP contribution in [0.2, 0.25) is 0 Å². The molecule has 1 atom stereocenters. The van der Waals surface area contributed by atoms with Gasteiger partial charge in [-0.25, -0.2) is 0 Å². The van der Waals surface area contributed by atoms with Gasteiger partial charge in [0.05, 0.1) is 5.70 Å². The number of hydrogen-bond acceptors (Lipinski definition) is 3. The van der Waals surface area contributed by atoms with Crippen LogP contribution in [0.15, 0.2) is 52.3 Å². The summed E-state index contributed by atoms with van der Waals surface area (Å²) in [5, 5.41) is 8.84. The molecule has 0 fully saturated rings. The fraction of sp³-hybridized carbons (Fsp3) is 0.565. The Labute approximate surface area is 180 Å². The molecule has 0 aliphatic carbocycles. The molecular formula is C23H35IN2O. The Morgan fingerprint density at radius 1 is 1.19 bits per heavy atom. The minimum absolute atomic E-state index is 0.834. The molecule has 0 aromatic heterocycles. The van der Waals surface area contributed by atoms with Gasteiger partial charge in [0.2, 0.25) is 0 Å². The summed E-state index contributed by atoms with van der Waals surface area (Å²) in [6, 6.07) is 8.04. The average molecular weight is 482 g/mol. The predicted molar refractivity (Wildman–Crippen MR) is 125 cm³/mol. The summed E-state index contributed by atoms with van der Waals surface area (Å²) in [6.45, 7) is 8.95. The maximum atomic E-state index is 5.52. The highest BCUT2D eigenvalue weighted by atomic mass is 127. The Bertz CT molecular complexity index is 623. The van der Waals surface area contributed by atoms with Gasteiger partial charge >= 0.3 is 0 Å². The first-order valence-corrected chi connectivity index (χ1v) is 11.2. The van der Waals surface area contributed by atoms with Gasteiger partial charge in [0.25, 0.3) is 0 Å². The molecule has 0 radical (unpaired) electrons. The highest BCUT2D eigenvalue weighted by Gasteiger charge is 2.11. The fourth-order valence-corrected chi connectivity index (χ4v) is 3.24. The molecule has 1 aromatic carbocycles. The molecule has 0 spiro atoms. The molecule has 1 aromatic rings. The van der Waals surface area contributed by atoms with Crippen LogP contribution in [0, 0.1) is 5.92 Å². The monoisotopic (exact) mass is 482 g/mol. The van der Waals surface area contributed by atoms with E-state index in [9.17, 15) is 0 Å². The van der Waals surface area contributed by atoms with E-state index >= 15 is 0 Å². The molecule has 3 nitrogen and oxygen atoms in total. The first-order valence-electron chi connectivity index (χ1n) is 10.3. The van der Waals surface area contributed by atoms with Crippen molar-refractivity contribution in [2.75, 3.05) is 0 Å². The molecule has 27 heavy (non-hydrogen) atoms. The molecule has 0 bridgehead atoms. The summed E-state index contributed by atoms with van der Waals surface area (Å²) in [5.41, 5.74) is 3.22. The van der Waals surface area contributed by atoms with Gasteiger partial charge < -0.3 is 3.07 Å². The van der Waals surface area contributed by atoms with Crippen molar-refractivity contribution in [3.63, 3.8) is 0 Å². The number of unbranched alkanes of at least 4 members (excludes halogenated alkanes) is 3. The summed E-state index contributed by atoms with van der Waals surface area (Å²) in [5.74, 6) is 1.68. The van der Waals surface area contributed by atoms with Crippen molar-refractivity contribution in [2.45, 2.75) is 79.1 Å². The van der Waals surface area contributed by atoms with E-state index in [0.717, 1.165) is 42.2 Å². The average Bonchev–Trinajstić information content (AvgIpc) is 2.70. The number of benzene rings is 1. The van der Waals surface area contributed by atoms with Crippen LogP contribution in [0.3, 0.4) is 0 Å². The van der Waals surface area contributed by atoms with E-state index in [1.807, 2.05) is 41.2 Å². The molecule has 0 heterocycles. The maximum absolute atomic E-state index is 5.52. The van der Waals surface area contributed by atoms with E-state index in [-0.39, 0.29) is 0 Å². The minimum Gasteiger partial charge on any atom is -0.427 e. The lowest BCUT2D eigenvalue weighted by Crippen LogP contribution is -1.93. The number of allylic oxidation sites excluding steroid dienone is 2. The molecule has 0 amide bonds. The van der Waals surface area contributed by atoms with Crippen LogP contribution in [0.4, 0.5) is 0 Å². The van der Waals surface area contributed by atoms with Gasteiger partial charge in [-0.1, -0.05) is 71.1 Å². The van der Waals surface area contributed by atoms with Gasteiger partial charge in [0, 0.05) is 11.8 Å². The molecule has 4 heteroatoms. The van der Waals surface area contributed by atoms with E-state index in [2.05, 4.69) is 50.1 Å². The summed E-state index contributed by atoms with van der Waals surface area (Å²) >= 11 is 1.93. The molecule has 0 saturated heterocycles. The number of nitrogens with zero attached hydrogens (tertiary/aromatic N) is 2. The minimum atomic E-state index is 0.834. The van der Waals surface area contributed by atoms with Crippen molar-refractivity contribution in [2.24, 2.45) is 16.1 Å². The standard InChI is InChI=1S/C23H35IN2O/c1-5-7-13-18-25-26-23(21-16-11-12-17-22(21)27-24)20(4)15-10-8-9-14-19(3)6-2/h11-13,16-19H,5-10,14-15H2,1-4H3/b18-13+,23-20+,26-25+. The Morgan fingerprint density at radius 3 is 2.67 bits per heavy atom. The van der Waals surface area contributed by atoms with Crippen LogP contribution < -0.4 is 3.07 Å². The lowest BCUT2D eigenvalue weighted by atomic mass is 9.98. The largest absolute Gasteiger partial charge is 0.427 e. The van der Waals surface area contributed by atoms with Crippen LogP contribution in [0.25, 0.3) is 5.70 Å². The third-order valence-electron chi connectivity index (χ3n) is 4.86. The Hall–Kier alpha value is -1.17. The first kappa shape index (κ1) is 23.9. The van der Waals surface area contributed by atoms with E-state index in [1.54, 1.807) is 6.20 Å². The summed E-state index contributed by atoms with van der Waals surface area (Å²) in [7, 11) is 0. The quantitative estimate of drug-likeness (QED) is 0.157. The van der Waals surface area contributed by atoms with Crippen LogP contribution in [0.1, 0.15) is 84.6 Å². The Balaban J connectivity index is 2.86. The van der Waals surface area contributed by atoms with Crippen molar-refractivity contribution >= 4 is 28.7 Å². The second-order valence-electron chi connectivity index (χ2n) is 7.20. The summed E-state index contributed by atoms with van der Waals surface area (Å²) < 4.78 is 5.52. The van der Waals surface area contributed by atoms with Gasteiger partial charge in [-0.05, 0) is 49.8 Å². The van der Waals surface area contributed by atoms with Crippen molar-refractivity contribution < 1.29 is 3.07 Å². The van der Waals surface area contributed by atoms with Gasteiger partial charge in [-0.2, -0.15) is 10.2 Å². The summed E-state index contributed by atoms with van der Waals surface area (Å²) in [6.07, 6.45) is 13.4.